The minimum Gasteiger partial charge on any atom is -0.481 e. The van der Waals surface area contributed by atoms with Crippen LogP contribution in [0.1, 0.15) is 93.4 Å². The first-order valence-electron chi connectivity index (χ1n) is 12.9. The number of rotatable bonds is 9. The second-order valence-corrected chi connectivity index (χ2v) is 8.67. The number of carbonyl (C=O) groups is 2. The maximum absolute atomic E-state index is 10.5. The van der Waals surface area contributed by atoms with E-state index in [0.29, 0.717) is 24.2 Å². The molecular formula is C27H50O7. The highest BCUT2D eigenvalue weighted by atomic mass is 16.4. The Bertz CT molecular complexity index is 614. The summed E-state index contributed by atoms with van der Waals surface area (Å²) in [5, 5.41) is 46.3. The van der Waals surface area contributed by atoms with Gasteiger partial charge in [-0.25, -0.2) is 0 Å². The first kappa shape index (κ1) is 34.5. The van der Waals surface area contributed by atoms with Gasteiger partial charge in [-0.3, -0.25) is 9.59 Å². The number of carboxylic acids is 2. The number of aliphatic hydroxyl groups excluding tert-OH is 3. The van der Waals surface area contributed by atoms with Crippen LogP contribution in [0.3, 0.4) is 0 Å². The summed E-state index contributed by atoms with van der Waals surface area (Å²) in [6, 6.07) is 0. The average Bonchev–Trinajstić information content (AvgIpc) is 2.80. The zero-order valence-corrected chi connectivity index (χ0v) is 22.3. The first-order valence-corrected chi connectivity index (χ1v) is 12.9. The van der Waals surface area contributed by atoms with Gasteiger partial charge in [0.05, 0.1) is 30.7 Å². The van der Waals surface area contributed by atoms with E-state index in [4.69, 9.17) is 10.2 Å². The van der Waals surface area contributed by atoms with Crippen LogP contribution in [0.25, 0.3) is 0 Å². The van der Waals surface area contributed by atoms with E-state index in [1.54, 1.807) is 6.92 Å². The minimum absolute atomic E-state index is 0.106. The van der Waals surface area contributed by atoms with Crippen LogP contribution in [0.15, 0.2) is 23.8 Å². The Morgan fingerprint density at radius 1 is 1.06 bits per heavy atom. The van der Waals surface area contributed by atoms with Crippen molar-refractivity contribution in [2.75, 3.05) is 0 Å². The van der Waals surface area contributed by atoms with Crippen LogP contribution < -0.4 is 0 Å². The molecule has 0 aromatic rings. The predicted molar refractivity (Wildman–Crippen MR) is 137 cm³/mol. The Kier molecular flexibility index (Phi) is 19.9. The molecule has 0 aliphatic heterocycles. The van der Waals surface area contributed by atoms with Crippen LogP contribution in [0.4, 0.5) is 0 Å². The number of carboxylic acid groups (broad SMARTS) is 2. The molecule has 0 aromatic carbocycles. The third kappa shape index (κ3) is 13.9. The van der Waals surface area contributed by atoms with Crippen molar-refractivity contribution in [3.63, 3.8) is 0 Å². The SMILES string of the molecule is CC.CC.CC1C=CC2=CC(O)CCC2C1CCC(O)CC(O)CC(=O)O.CCC(C)C(=O)O. The molecule has 0 aromatic heterocycles. The number of hydrogen-bond acceptors (Lipinski definition) is 5. The van der Waals surface area contributed by atoms with E-state index < -0.39 is 24.1 Å². The highest BCUT2D eigenvalue weighted by molar-refractivity contribution is 5.69. The molecule has 7 heteroatoms. The number of allylic oxidation sites excluding steroid dienone is 3. The highest BCUT2D eigenvalue weighted by Crippen LogP contribution is 2.42. The summed E-state index contributed by atoms with van der Waals surface area (Å²) in [7, 11) is 0. The molecule has 5 N–H and O–H groups in total. The molecule has 0 saturated heterocycles. The summed E-state index contributed by atoms with van der Waals surface area (Å²) in [6.45, 7) is 13.7. The molecule has 0 radical (unpaired) electrons. The standard InChI is InChI=1S/C18H28O5.C5H10O2.2C2H6/c1-11-2-3-12-8-13(19)5-7-17(12)16(11)6-4-14(20)9-15(21)10-18(22)23;1-3-4(2)5(6)7;2*1-2/h2-3,8,11,13-17,19-21H,4-7,9-10H2,1H3,(H,22,23);4H,3H2,1-2H3,(H,6,7);2*1-2H3. The van der Waals surface area contributed by atoms with Gasteiger partial charge in [-0.1, -0.05) is 66.7 Å². The third-order valence-electron chi connectivity index (χ3n) is 6.19. The summed E-state index contributed by atoms with van der Waals surface area (Å²) >= 11 is 0. The van der Waals surface area contributed by atoms with Crippen LogP contribution in [-0.2, 0) is 9.59 Å². The summed E-state index contributed by atoms with van der Waals surface area (Å²) in [5.74, 6) is -0.670. The van der Waals surface area contributed by atoms with Crippen molar-refractivity contribution in [2.24, 2.45) is 23.7 Å². The zero-order chi connectivity index (χ0) is 26.8. The largest absolute Gasteiger partial charge is 0.481 e. The van der Waals surface area contributed by atoms with Crippen LogP contribution >= 0.6 is 0 Å². The van der Waals surface area contributed by atoms with Gasteiger partial charge in [-0.2, -0.15) is 0 Å². The van der Waals surface area contributed by atoms with Crippen LogP contribution in [-0.4, -0.2) is 55.8 Å². The lowest BCUT2D eigenvalue weighted by Gasteiger charge is -2.38. The van der Waals surface area contributed by atoms with Gasteiger partial charge in [0.1, 0.15) is 0 Å². The van der Waals surface area contributed by atoms with Gasteiger partial charge >= 0.3 is 11.9 Å². The molecule has 7 unspecified atom stereocenters. The summed E-state index contributed by atoms with van der Waals surface area (Å²) in [6.07, 6.45) is 7.84. The Morgan fingerprint density at radius 2 is 1.65 bits per heavy atom. The fourth-order valence-electron chi connectivity index (χ4n) is 4.10. The quantitative estimate of drug-likeness (QED) is 0.308. The topological polar surface area (TPSA) is 135 Å². The fraction of sp³-hybridized carbons (Fsp3) is 0.778. The monoisotopic (exact) mass is 486 g/mol. The second-order valence-electron chi connectivity index (χ2n) is 8.67. The van der Waals surface area contributed by atoms with Crippen molar-refractivity contribution in [1.82, 2.24) is 0 Å². The molecule has 34 heavy (non-hydrogen) atoms. The maximum Gasteiger partial charge on any atom is 0.306 e. The predicted octanol–water partition coefficient (Wildman–Crippen LogP) is 5.04. The van der Waals surface area contributed by atoms with Gasteiger partial charge in [0, 0.05) is 0 Å². The summed E-state index contributed by atoms with van der Waals surface area (Å²) in [5.41, 5.74) is 1.20. The Hall–Kier alpha value is -1.70. The Balaban J connectivity index is 0. The zero-order valence-electron chi connectivity index (χ0n) is 22.3. The van der Waals surface area contributed by atoms with E-state index in [2.05, 4.69) is 19.1 Å². The van der Waals surface area contributed by atoms with Gasteiger partial charge in [0.2, 0.25) is 0 Å². The lowest BCUT2D eigenvalue weighted by molar-refractivity contribution is -0.141. The lowest BCUT2D eigenvalue weighted by atomic mass is 9.67. The van der Waals surface area contributed by atoms with Crippen molar-refractivity contribution >= 4 is 11.9 Å². The Morgan fingerprint density at radius 3 is 2.12 bits per heavy atom. The first-order chi connectivity index (χ1) is 16.0. The molecule has 2 rings (SSSR count). The molecule has 0 fully saturated rings. The van der Waals surface area contributed by atoms with Crippen molar-refractivity contribution < 1.29 is 35.1 Å². The maximum atomic E-state index is 10.5. The normalized spacial score (nSPS) is 25.3. The smallest absolute Gasteiger partial charge is 0.306 e. The Labute approximate surface area is 206 Å². The van der Waals surface area contributed by atoms with Gasteiger partial charge in [-0.05, 0) is 61.9 Å². The van der Waals surface area contributed by atoms with E-state index in [1.165, 1.54) is 5.57 Å². The molecule has 0 amide bonds. The van der Waals surface area contributed by atoms with Crippen molar-refractivity contribution in [3.05, 3.63) is 23.8 Å². The molecule has 0 spiro atoms. The molecule has 0 heterocycles. The fourth-order valence-corrected chi connectivity index (χ4v) is 4.10. The van der Waals surface area contributed by atoms with E-state index >= 15 is 0 Å². The van der Waals surface area contributed by atoms with E-state index in [1.807, 2.05) is 40.7 Å². The van der Waals surface area contributed by atoms with E-state index in [-0.39, 0.29) is 24.9 Å². The molecule has 2 aliphatic rings. The van der Waals surface area contributed by atoms with Gasteiger partial charge in [0.25, 0.3) is 0 Å². The molecule has 0 bridgehead atoms. The number of aliphatic carboxylic acids is 2. The molecule has 7 atom stereocenters. The molecule has 200 valence electrons. The number of aliphatic hydroxyl groups is 3. The number of hydrogen-bond donors (Lipinski definition) is 5. The van der Waals surface area contributed by atoms with Gasteiger partial charge in [0.15, 0.2) is 0 Å². The van der Waals surface area contributed by atoms with Crippen LogP contribution in [0.2, 0.25) is 0 Å². The summed E-state index contributed by atoms with van der Waals surface area (Å²) in [4.78, 5) is 20.5. The molecular weight excluding hydrogens is 436 g/mol. The van der Waals surface area contributed by atoms with Gasteiger partial charge < -0.3 is 25.5 Å². The van der Waals surface area contributed by atoms with Crippen molar-refractivity contribution in [2.45, 2.75) is 112 Å². The van der Waals surface area contributed by atoms with Crippen LogP contribution in [0.5, 0.6) is 0 Å². The molecule has 2 aliphatic carbocycles. The van der Waals surface area contributed by atoms with E-state index in [9.17, 15) is 24.9 Å². The summed E-state index contributed by atoms with van der Waals surface area (Å²) < 4.78 is 0. The van der Waals surface area contributed by atoms with Gasteiger partial charge in [-0.15, -0.1) is 0 Å². The van der Waals surface area contributed by atoms with Crippen molar-refractivity contribution in [1.29, 1.82) is 0 Å². The van der Waals surface area contributed by atoms with Crippen molar-refractivity contribution in [3.8, 4) is 0 Å². The lowest BCUT2D eigenvalue weighted by Crippen LogP contribution is -2.31. The second kappa shape index (κ2) is 19.6. The minimum atomic E-state index is -1.05. The van der Waals surface area contributed by atoms with Crippen LogP contribution in [0, 0.1) is 23.7 Å². The van der Waals surface area contributed by atoms with E-state index in [0.717, 1.165) is 25.7 Å². The third-order valence-corrected chi connectivity index (χ3v) is 6.19. The molecule has 7 nitrogen and oxygen atoms in total. The average molecular weight is 487 g/mol. The molecule has 0 saturated carbocycles. The number of fused-ring (bicyclic) bond motifs is 1. The highest BCUT2D eigenvalue weighted by Gasteiger charge is 2.33.